The second kappa shape index (κ2) is 8.23. The van der Waals surface area contributed by atoms with Gasteiger partial charge in [-0.3, -0.25) is 4.79 Å². The van der Waals surface area contributed by atoms with Crippen LogP contribution >= 0.6 is 0 Å². The van der Waals surface area contributed by atoms with E-state index in [4.69, 9.17) is 5.73 Å². The van der Waals surface area contributed by atoms with Gasteiger partial charge in [0.25, 0.3) is 12.3 Å². The first-order valence-electron chi connectivity index (χ1n) is 8.56. The van der Waals surface area contributed by atoms with Crippen molar-refractivity contribution in [3.05, 3.63) is 53.7 Å². The Hall–Kier alpha value is -3.53. The van der Waals surface area contributed by atoms with Gasteiger partial charge in [-0.25, -0.2) is 18.3 Å². The van der Waals surface area contributed by atoms with Gasteiger partial charge in [-0.2, -0.15) is 5.10 Å². The van der Waals surface area contributed by atoms with E-state index in [0.717, 1.165) is 5.56 Å². The minimum atomic E-state index is -2.79. The zero-order chi connectivity index (χ0) is 21.1. The van der Waals surface area contributed by atoms with Gasteiger partial charge < -0.3 is 20.9 Å². The lowest BCUT2D eigenvalue weighted by molar-refractivity contribution is -0.125. The number of primary amides is 1. The van der Waals surface area contributed by atoms with Crippen molar-refractivity contribution < 1.29 is 28.2 Å². The molecule has 3 rings (SSSR count). The van der Waals surface area contributed by atoms with E-state index in [-0.39, 0.29) is 16.8 Å². The van der Waals surface area contributed by atoms with Gasteiger partial charge in [0.05, 0.1) is 17.8 Å². The molecule has 1 atom stereocenters. The van der Waals surface area contributed by atoms with Gasteiger partial charge in [0.1, 0.15) is 5.69 Å². The fourth-order valence-corrected chi connectivity index (χ4v) is 2.87. The quantitative estimate of drug-likeness (QED) is 0.584. The first-order chi connectivity index (χ1) is 13.8. The van der Waals surface area contributed by atoms with Gasteiger partial charge in [-0.1, -0.05) is 12.1 Å². The summed E-state index contributed by atoms with van der Waals surface area (Å²) in [7, 11) is 0. The van der Waals surface area contributed by atoms with E-state index in [1.54, 1.807) is 18.2 Å². The maximum Gasteiger partial charge on any atom is 0.405 e. The number of benzene rings is 2. The van der Waals surface area contributed by atoms with Crippen molar-refractivity contribution in [1.82, 2.24) is 9.78 Å². The fraction of sp³-hybridized carbons (Fsp3) is 0.211. The van der Waals surface area contributed by atoms with E-state index in [2.05, 4.69) is 15.2 Å². The first-order valence-corrected chi connectivity index (χ1v) is 8.56. The Morgan fingerprint density at radius 2 is 2.03 bits per heavy atom. The van der Waals surface area contributed by atoms with Crippen LogP contribution in [0.3, 0.4) is 0 Å². The summed E-state index contributed by atoms with van der Waals surface area (Å²) >= 11 is 0. The van der Waals surface area contributed by atoms with E-state index in [1.165, 1.54) is 22.9 Å². The predicted molar refractivity (Wildman–Crippen MR) is 101 cm³/mol. The third kappa shape index (κ3) is 4.32. The molecule has 4 N–H and O–H groups in total. The van der Waals surface area contributed by atoms with Crippen molar-refractivity contribution in [2.75, 3.05) is 11.9 Å². The number of rotatable bonds is 6. The van der Waals surface area contributed by atoms with Crippen LogP contribution in [0, 0.1) is 6.92 Å². The molecule has 2 aromatic carbocycles. The van der Waals surface area contributed by atoms with Gasteiger partial charge in [-0.15, -0.1) is 0 Å². The number of hydrogen-bond donors (Lipinski definition) is 3. The van der Waals surface area contributed by atoms with Crippen LogP contribution in [0.4, 0.5) is 19.3 Å². The molecule has 2 amide bonds. The lowest BCUT2D eigenvalue weighted by Crippen LogP contribution is -2.37. The molecule has 0 saturated heterocycles. The number of carbonyl (C=O) groups excluding carboxylic acids is 2. The van der Waals surface area contributed by atoms with Crippen LogP contribution in [0.15, 0.2) is 42.5 Å². The number of amides is 2. The molecular weight excluding hydrogens is 386 g/mol. The summed E-state index contributed by atoms with van der Waals surface area (Å²) in [6.45, 7) is 1.09. The van der Waals surface area contributed by atoms with Crippen LogP contribution in [0.25, 0.3) is 16.6 Å². The Morgan fingerprint density at radius 1 is 1.28 bits per heavy atom. The van der Waals surface area contributed by atoms with Crippen molar-refractivity contribution in [3.63, 3.8) is 0 Å². The molecule has 0 aliphatic heterocycles. The van der Waals surface area contributed by atoms with Crippen LogP contribution in [0.5, 0.6) is 0 Å². The Bertz CT molecular complexity index is 1070. The highest BCUT2D eigenvalue weighted by Gasteiger charge is 2.23. The highest BCUT2D eigenvalue weighted by atomic mass is 19.3. The largest absolute Gasteiger partial charge is 0.434 e. The number of nitrogens with two attached hydrogens (primary N) is 1. The monoisotopic (exact) mass is 404 g/mol. The summed E-state index contributed by atoms with van der Waals surface area (Å²) in [6.07, 6.45) is -5.50. The van der Waals surface area contributed by atoms with E-state index in [9.17, 15) is 23.5 Å². The van der Waals surface area contributed by atoms with Gasteiger partial charge >= 0.3 is 6.09 Å². The average molecular weight is 404 g/mol. The van der Waals surface area contributed by atoms with Crippen LogP contribution in [-0.2, 0) is 9.53 Å². The molecule has 152 valence electrons. The van der Waals surface area contributed by atoms with Crippen LogP contribution in [-0.4, -0.2) is 39.6 Å². The summed E-state index contributed by atoms with van der Waals surface area (Å²) in [6, 6.07) is 11.4. The Kier molecular flexibility index (Phi) is 5.74. The number of halogens is 2. The van der Waals surface area contributed by atoms with Crippen molar-refractivity contribution >= 4 is 28.6 Å². The summed E-state index contributed by atoms with van der Waals surface area (Å²) in [5.41, 5.74) is 6.57. The Balaban J connectivity index is 2.03. The number of aliphatic hydroxyl groups excluding tert-OH is 1. The molecule has 0 unspecified atom stereocenters. The van der Waals surface area contributed by atoms with E-state index in [0.29, 0.717) is 11.2 Å². The Morgan fingerprint density at radius 3 is 2.66 bits per heavy atom. The fourth-order valence-electron chi connectivity index (χ4n) is 2.87. The second-order valence-corrected chi connectivity index (χ2v) is 6.27. The molecule has 0 radical (unpaired) electrons. The number of alkyl halides is 2. The number of ether oxygens (including phenoxy) is 1. The lowest BCUT2D eigenvalue weighted by atomic mass is 10.1. The highest BCUT2D eigenvalue weighted by Crippen LogP contribution is 2.31. The summed E-state index contributed by atoms with van der Waals surface area (Å²) in [5.74, 6) is -0.818. The standard InChI is InChI=1S/C19H18F2N4O4/c1-10-3-2-4-12(7-10)25-14-8-11(5-6-13(14)16(24-25)17(20)21)23-18(27)15(9-26)29-19(22)28/h2-8,15,17,26H,9H2,1H3,(H2,22,28)(H,23,27)/t15-/m0/s1. The highest BCUT2D eigenvalue weighted by molar-refractivity contribution is 5.97. The number of anilines is 1. The molecule has 10 heteroatoms. The smallest absolute Gasteiger partial charge is 0.405 e. The third-order valence-electron chi connectivity index (χ3n) is 4.15. The molecule has 0 saturated carbocycles. The molecule has 0 bridgehead atoms. The number of hydrogen-bond acceptors (Lipinski definition) is 5. The van der Waals surface area contributed by atoms with Crippen LogP contribution in [0.2, 0.25) is 0 Å². The molecule has 0 aliphatic carbocycles. The minimum Gasteiger partial charge on any atom is -0.434 e. The van der Waals surface area contributed by atoms with Crippen LogP contribution < -0.4 is 11.1 Å². The number of aliphatic hydroxyl groups is 1. The van der Waals surface area contributed by atoms with E-state index >= 15 is 0 Å². The normalized spacial score (nSPS) is 12.2. The van der Waals surface area contributed by atoms with Crippen LogP contribution in [0.1, 0.15) is 17.7 Å². The minimum absolute atomic E-state index is 0.228. The topological polar surface area (TPSA) is 119 Å². The van der Waals surface area contributed by atoms with E-state index < -0.39 is 31.1 Å². The molecule has 3 aromatic rings. The first kappa shape index (κ1) is 20.2. The van der Waals surface area contributed by atoms with Crippen molar-refractivity contribution in [3.8, 4) is 5.69 Å². The Labute approximate surface area is 163 Å². The summed E-state index contributed by atoms with van der Waals surface area (Å²) < 4.78 is 32.8. The molecule has 0 aliphatic rings. The van der Waals surface area contributed by atoms with Crippen molar-refractivity contribution in [2.24, 2.45) is 5.73 Å². The number of nitrogens with zero attached hydrogens (tertiary/aromatic N) is 2. The number of aromatic nitrogens is 2. The van der Waals surface area contributed by atoms with Crippen molar-refractivity contribution in [1.29, 1.82) is 0 Å². The molecule has 0 spiro atoms. The summed E-state index contributed by atoms with van der Waals surface area (Å²) in [4.78, 5) is 23.0. The van der Waals surface area contributed by atoms with Gasteiger partial charge in [0.2, 0.25) is 6.10 Å². The maximum absolute atomic E-state index is 13.5. The number of fused-ring (bicyclic) bond motifs is 1. The van der Waals surface area contributed by atoms with E-state index in [1.807, 2.05) is 13.0 Å². The van der Waals surface area contributed by atoms with Gasteiger partial charge in [0.15, 0.2) is 0 Å². The molecule has 1 heterocycles. The average Bonchev–Trinajstić information content (AvgIpc) is 3.05. The zero-order valence-electron chi connectivity index (χ0n) is 15.3. The van der Waals surface area contributed by atoms with Crippen molar-refractivity contribution in [2.45, 2.75) is 19.5 Å². The number of carbonyl (C=O) groups is 2. The van der Waals surface area contributed by atoms with Gasteiger partial charge in [-0.05, 0) is 42.8 Å². The third-order valence-corrected chi connectivity index (χ3v) is 4.15. The molecule has 29 heavy (non-hydrogen) atoms. The predicted octanol–water partition coefficient (Wildman–Crippen LogP) is 2.67. The second-order valence-electron chi connectivity index (χ2n) is 6.27. The summed E-state index contributed by atoms with van der Waals surface area (Å²) in [5, 5.41) is 15.9. The molecule has 0 fully saturated rings. The molecule has 8 nitrogen and oxygen atoms in total. The van der Waals surface area contributed by atoms with Gasteiger partial charge in [0, 0.05) is 11.1 Å². The number of aryl methyl sites for hydroxylation is 1. The maximum atomic E-state index is 13.5. The zero-order valence-corrected chi connectivity index (χ0v) is 15.3. The molecule has 1 aromatic heterocycles. The SMILES string of the molecule is Cc1cccc(-n2nc(C(F)F)c3ccc(NC(=O)[C@H](CO)OC(N)=O)cc32)c1. The number of nitrogens with one attached hydrogen (secondary N) is 1. The molecular formula is C19H18F2N4O4. The lowest BCUT2D eigenvalue weighted by Gasteiger charge is -2.14.